The molecular weight excluding hydrogens is 328 g/mol. The van der Waals surface area contributed by atoms with Crippen molar-refractivity contribution in [3.8, 4) is 0 Å². The summed E-state index contributed by atoms with van der Waals surface area (Å²) >= 11 is 0. The van der Waals surface area contributed by atoms with Gasteiger partial charge in [0.2, 0.25) is 5.91 Å². The number of piperidine rings is 1. The van der Waals surface area contributed by atoms with E-state index in [0.717, 1.165) is 64.0 Å². The van der Waals surface area contributed by atoms with Gasteiger partial charge >= 0.3 is 0 Å². The van der Waals surface area contributed by atoms with Gasteiger partial charge in [0.25, 0.3) is 5.56 Å². The molecule has 0 spiro atoms. The Labute approximate surface area is 155 Å². The maximum Gasteiger partial charge on any atom is 0.253 e. The zero-order chi connectivity index (χ0) is 17.9. The van der Waals surface area contributed by atoms with E-state index in [1.54, 1.807) is 17.0 Å². The summed E-state index contributed by atoms with van der Waals surface area (Å²) in [4.78, 5) is 31.0. The van der Waals surface area contributed by atoms with E-state index < -0.39 is 0 Å². The van der Waals surface area contributed by atoms with Gasteiger partial charge in [-0.1, -0.05) is 6.42 Å². The number of rotatable bonds is 5. The maximum atomic E-state index is 12.3. The molecule has 4 rings (SSSR count). The van der Waals surface area contributed by atoms with Crippen LogP contribution < -0.4 is 10.9 Å². The largest absolute Gasteiger partial charge is 0.352 e. The fraction of sp³-hybridized carbons (Fsp3) is 0.750. The van der Waals surface area contributed by atoms with Crippen LogP contribution >= 0.6 is 0 Å². The number of amides is 1. The van der Waals surface area contributed by atoms with Crippen LogP contribution in [0.1, 0.15) is 63.0 Å². The monoisotopic (exact) mass is 358 g/mol. The van der Waals surface area contributed by atoms with Crippen molar-refractivity contribution in [3.05, 3.63) is 28.4 Å². The molecule has 3 fully saturated rings. The van der Waals surface area contributed by atoms with Gasteiger partial charge in [-0.2, -0.15) is 0 Å². The van der Waals surface area contributed by atoms with Gasteiger partial charge in [0.1, 0.15) is 0 Å². The lowest BCUT2D eigenvalue weighted by molar-refractivity contribution is -0.121. The summed E-state index contributed by atoms with van der Waals surface area (Å²) < 4.78 is 1.79. The molecule has 1 aromatic heterocycles. The Morgan fingerprint density at radius 3 is 2.58 bits per heavy atom. The zero-order valence-electron chi connectivity index (χ0n) is 15.5. The van der Waals surface area contributed by atoms with E-state index in [1.807, 2.05) is 0 Å². The minimum atomic E-state index is 0.102. The molecule has 1 amide bonds. The van der Waals surface area contributed by atoms with Crippen molar-refractivity contribution in [1.82, 2.24) is 19.8 Å². The zero-order valence-corrected chi connectivity index (χ0v) is 15.5. The average Bonchev–Trinajstić information content (AvgIpc) is 3.47. The minimum Gasteiger partial charge on any atom is -0.352 e. The molecule has 1 atom stereocenters. The number of carbonyl (C=O) groups is 1. The second kappa shape index (κ2) is 7.91. The van der Waals surface area contributed by atoms with Crippen molar-refractivity contribution >= 4 is 5.91 Å². The Morgan fingerprint density at radius 2 is 1.85 bits per heavy atom. The van der Waals surface area contributed by atoms with Crippen LogP contribution in [-0.4, -0.2) is 46.0 Å². The predicted molar refractivity (Wildman–Crippen MR) is 100 cm³/mol. The number of aromatic nitrogens is 2. The first-order valence-electron chi connectivity index (χ1n) is 10.3. The normalized spacial score (nSPS) is 25.7. The molecule has 0 aromatic carbocycles. The van der Waals surface area contributed by atoms with Gasteiger partial charge in [-0.25, -0.2) is 4.98 Å². The lowest BCUT2D eigenvalue weighted by atomic mass is 9.96. The molecule has 6 nitrogen and oxygen atoms in total. The number of hydrogen-bond acceptors (Lipinski definition) is 4. The number of nitrogens with zero attached hydrogens (tertiary/aromatic N) is 3. The molecule has 2 saturated heterocycles. The molecule has 1 unspecified atom stereocenters. The maximum absolute atomic E-state index is 12.3. The SMILES string of the molecule is O=C1CCCCC(CN2CCC(Cn3cnc(C4CC4)cc3=O)CC2)N1. The highest BCUT2D eigenvalue weighted by atomic mass is 16.1. The van der Waals surface area contributed by atoms with Gasteiger partial charge in [0.15, 0.2) is 0 Å². The summed E-state index contributed by atoms with van der Waals surface area (Å²) in [6.07, 6.45) is 10.3. The molecule has 3 aliphatic rings. The predicted octanol–water partition coefficient (Wildman–Crippen LogP) is 1.89. The van der Waals surface area contributed by atoms with Gasteiger partial charge in [0.05, 0.1) is 12.0 Å². The van der Waals surface area contributed by atoms with Crippen LogP contribution in [0.25, 0.3) is 0 Å². The Morgan fingerprint density at radius 1 is 1.04 bits per heavy atom. The van der Waals surface area contributed by atoms with Crippen LogP contribution in [0.5, 0.6) is 0 Å². The van der Waals surface area contributed by atoms with Crippen molar-refractivity contribution in [1.29, 1.82) is 0 Å². The third-order valence-electron chi connectivity index (χ3n) is 6.11. The first-order valence-corrected chi connectivity index (χ1v) is 10.3. The Kier molecular flexibility index (Phi) is 5.38. The summed E-state index contributed by atoms with van der Waals surface area (Å²) in [5, 5.41) is 3.17. The average molecular weight is 358 g/mol. The number of likely N-dealkylation sites (tertiary alicyclic amines) is 1. The second-order valence-electron chi connectivity index (χ2n) is 8.33. The van der Waals surface area contributed by atoms with Crippen LogP contribution in [0, 0.1) is 5.92 Å². The molecule has 1 N–H and O–H groups in total. The van der Waals surface area contributed by atoms with E-state index in [1.165, 1.54) is 12.8 Å². The lowest BCUT2D eigenvalue weighted by Crippen LogP contribution is -2.45. The fourth-order valence-electron chi connectivity index (χ4n) is 4.31. The molecular formula is C20H30N4O2. The van der Waals surface area contributed by atoms with E-state index >= 15 is 0 Å². The third-order valence-corrected chi connectivity index (χ3v) is 6.11. The minimum absolute atomic E-state index is 0.102. The van der Waals surface area contributed by atoms with Gasteiger partial charge in [0, 0.05) is 37.5 Å². The van der Waals surface area contributed by atoms with Gasteiger partial charge in [-0.05, 0) is 57.5 Å². The Balaban J connectivity index is 1.26. The van der Waals surface area contributed by atoms with Crippen molar-refractivity contribution in [2.45, 2.75) is 69.9 Å². The van der Waals surface area contributed by atoms with Crippen LogP contribution in [0.3, 0.4) is 0 Å². The third kappa shape index (κ3) is 4.53. The molecule has 2 aliphatic heterocycles. The molecule has 0 radical (unpaired) electrons. The standard InChI is InChI=1S/C20H30N4O2/c25-19-4-2-1-3-17(22-19)13-23-9-7-15(8-10-23)12-24-14-21-18(11-20(24)26)16-5-6-16/h11,14-17H,1-10,12-13H2,(H,22,25). The van der Waals surface area contributed by atoms with E-state index in [2.05, 4.69) is 15.2 Å². The highest BCUT2D eigenvalue weighted by molar-refractivity contribution is 5.76. The lowest BCUT2D eigenvalue weighted by Gasteiger charge is -2.34. The quantitative estimate of drug-likeness (QED) is 0.873. The van der Waals surface area contributed by atoms with Gasteiger partial charge in [-0.3, -0.25) is 14.2 Å². The van der Waals surface area contributed by atoms with Gasteiger partial charge in [-0.15, -0.1) is 0 Å². The van der Waals surface area contributed by atoms with Crippen molar-refractivity contribution in [2.75, 3.05) is 19.6 Å². The fourth-order valence-corrected chi connectivity index (χ4v) is 4.31. The van der Waals surface area contributed by atoms with E-state index in [0.29, 0.717) is 24.3 Å². The second-order valence-corrected chi connectivity index (χ2v) is 8.33. The van der Waals surface area contributed by atoms with Crippen molar-refractivity contribution < 1.29 is 4.79 Å². The first kappa shape index (κ1) is 17.7. The van der Waals surface area contributed by atoms with Gasteiger partial charge < -0.3 is 10.2 Å². The molecule has 1 saturated carbocycles. The first-order chi connectivity index (χ1) is 12.7. The summed E-state index contributed by atoms with van der Waals surface area (Å²) in [6.45, 7) is 3.86. The molecule has 26 heavy (non-hydrogen) atoms. The van der Waals surface area contributed by atoms with E-state index in [-0.39, 0.29) is 11.5 Å². The summed E-state index contributed by atoms with van der Waals surface area (Å²) in [5.41, 5.74) is 1.08. The van der Waals surface area contributed by atoms with Crippen LogP contribution in [0.15, 0.2) is 17.2 Å². The van der Waals surface area contributed by atoms with Crippen molar-refractivity contribution in [3.63, 3.8) is 0 Å². The molecule has 0 bridgehead atoms. The van der Waals surface area contributed by atoms with Crippen LogP contribution in [0.4, 0.5) is 0 Å². The van der Waals surface area contributed by atoms with Crippen LogP contribution in [-0.2, 0) is 11.3 Å². The van der Waals surface area contributed by atoms with Crippen LogP contribution in [0.2, 0.25) is 0 Å². The smallest absolute Gasteiger partial charge is 0.253 e. The highest BCUT2D eigenvalue weighted by Gasteiger charge is 2.26. The Hall–Kier alpha value is -1.69. The van der Waals surface area contributed by atoms with Crippen molar-refractivity contribution in [2.24, 2.45) is 5.92 Å². The van der Waals surface area contributed by atoms with E-state index in [9.17, 15) is 9.59 Å². The molecule has 1 aliphatic carbocycles. The molecule has 6 heteroatoms. The summed E-state index contributed by atoms with van der Waals surface area (Å²) in [6, 6.07) is 2.05. The number of nitrogens with one attached hydrogen (secondary N) is 1. The summed E-state index contributed by atoms with van der Waals surface area (Å²) in [5.74, 6) is 1.29. The number of carbonyl (C=O) groups excluding carboxylic acids is 1. The summed E-state index contributed by atoms with van der Waals surface area (Å²) in [7, 11) is 0. The molecule has 3 heterocycles. The molecule has 1 aromatic rings. The molecule has 142 valence electrons. The number of hydrogen-bond donors (Lipinski definition) is 1. The topological polar surface area (TPSA) is 67.2 Å². The highest BCUT2D eigenvalue weighted by Crippen LogP contribution is 2.38. The van der Waals surface area contributed by atoms with E-state index in [4.69, 9.17) is 0 Å². The Bertz CT molecular complexity index is 689.